The summed E-state index contributed by atoms with van der Waals surface area (Å²) in [6.45, 7) is 2.82. The molecular formula is C21H19F3N6. The van der Waals surface area contributed by atoms with E-state index in [1.54, 1.807) is 23.1 Å². The lowest BCUT2D eigenvalue weighted by atomic mass is 10.1. The Morgan fingerprint density at radius 3 is 2.43 bits per heavy atom. The minimum absolute atomic E-state index is 0.344. The maximum absolute atomic E-state index is 12.7. The van der Waals surface area contributed by atoms with Crippen LogP contribution in [-0.4, -0.2) is 19.6 Å². The summed E-state index contributed by atoms with van der Waals surface area (Å²) in [6, 6.07) is 10.7. The first-order valence-corrected chi connectivity index (χ1v) is 9.28. The number of pyridine rings is 1. The molecule has 0 spiro atoms. The maximum Gasteiger partial charge on any atom is 0.416 e. The molecule has 4 rings (SSSR count). The summed E-state index contributed by atoms with van der Waals surface area (Å²) in [4.78, 5) is 8.69. The van der Waals surface area contributed by atoms with Crippen LogP contribution in [0.15, 0.2) is 61.1 Å². The summed E-state index contributed by atoms with van der Waals surface area (Å²) in [5, 5.41) is 10.9. The summed E-state index contributed by atoms with van der Waals surface area (Å²) in [7, 11) is 0. The number of alkyl halides is 3. The quantitative estimate of drug-likeness (QED) is 0.482. The normalized spacial score (nSPS) is 11.6. The second-order valence-corrected chi connectivity index (χ2v) is 6.85. The third-order valence-corrected chi connectivity index (χ3v) is 4.60. The topological polar surface area (TPSA) is 67.1 Å². The number of fused-ring (bicyclic) bond motifs is 1. The zero-order valence-electron chi connectivity index (χ0n) is 16.1. The highest BCUT2D eigenvalue weighted by Gasteiger charge is 2.29. The number of hydrogen-bond acceptors (Lipinski definition) is 5. The zero-order chi connectivity index (χ0) is 21.1. The molecule has 154 valence electrons. The number of hydrogen-bond donors (Lipinski definition) is 2. The molecule has 0 aliphatic heterocycles. The summed E-state index contributed by atoms with van der Waals surface area (Å²) < 4.78 is 39.9. The summed E-state index contributed by atoms with van der Waals surface area (Å²) >= 11 is 0. The SMILES string of the molecule is Cc1cnn2c(NCc3cccnc3)cc(NCc3ccc(C(F)(F)F)cc3)nc12. The van der Waals surface area contributed by atoms with Crippen molar-refractivity contribution in [2.75, 3.05) is 10.6 Å². The summed E-state index contributed by atoms with van der Waals surface area (Å²) in [6.07, 6.45) is 0.891. The van der Waals surface area contributed by atoms with Crippen LogP contribution in [0.3, 0.4) is 0 Å². The predicted octanol–water partition coefficient (Wildman–Crippen LogP) is 4.68. The molecule has 3 aromatic heterocycles. The largest absolute Gasteiger partial charge is 0.416 e. The molecule has 3 heterocycles. The number of aryl methyl sites for hydroxylation is 1. The van der Waals surface area contributed by atoms with Crippen LogP contribution < -0.4 is 10.6 Å². The third-order valence-electron chi connectivity index (χ3n) is 4.60. The van der Waals surface area contributed by atoms with Gasteiger partial charge in [-0.3, -0.25) is 4.98 Å². The highest BCUT2D eigenvalue weighted by atomic mass is 19.4. The van der Waals surface area contributed by atoms with E-state index < -0.39 is 11.7 Å². The highest BCUT2D eigenvalue weighted by molar-refractivity contribution is 5.60. The first-order chi connectivity index (χ1) is 14.4. The van der Waals surface area contributed by atoms with E-state index in [-0.39, 0.29) is 0 Å². The molecule has 0 unspecified atom stereocenters. The molecule has 0 bridgehead atoms. The van der Waals surface area contributed by atoms with Crippen molar-refractivity contribution < 1.29 is 13.2 Å². The van der Waals surface area contributed by atoms with E-state index in [0.29, 0.717) is 24.6 Å². The number of anilines is 2. The Bertz CT molecular complexity index is 1140. The zero-order valence-corrected chi connectivity index (χ0v) is 16.1. The number of benzene rings is 1. The van der Waals surface area contributed by atoms with Gasteiger partial charge in [0.15, 0.2) is 5.65 Å². The van der Waals surface area contributed by atoms with Gasteiger partial charge >= 0.3 is 6.18 Å². The smallest absolute Gasteiger partial charge is 0.366 e. The molecular weight excluding hydrogens is 393 g/mol. The molecule has 30 heavy (non-hydrogen) atoms. The Morgan fingerprint density at radius 1 is 0.967 bits per heavy atom. The van der Waals surface area contributed by atoms with Crippen molar-refractivity contribution >= 4 is 17.3 Å². The van der Waals surface area contributed by atoms with Crippen LogP contribution in [0.1, 0.15) is 22.3 Å². The van der Waals surface area contributed by atoms with E-state index in [1.807, 2.05) is 25.1 Å². The van der Waals surface area contributed by atoms with Crippen LogP contribution >= 0.6 is 0 Å². The van der Waals surface area contributed by atoms with Crippen LogP contribution in [0.25, 0.3) is 5.65 Å². The molecule has 0 fully saturated rings. The van der Waals surface area contributed by atoms with Gasteiger partial charge in [0.25, 0.3) is 0 Å². The molecule has 0 aliphatic rings. The fourth-order valence-corrected chi connectivity index (χ4v) is 2.99. The van der Waals surface area contributed by atoms with Crippen molar-refractivity contribution in [2.45, 2.75) is 26.2 Å². The van der Waals surface area contributed by atoms with Crippen molar-refractivity contribution in [1.29, 1.82) is 0 Å². The van der Waals surface area contributed by atoms with Crippen LogP contribution in [0.5, 0.6) is 0 Å². The van der Waals surface area contributed by atoms with Gasteiger partial charge in [-0.15, -0.1) is 0 Å². The van der Waals surface area contributed by atoms with Crippen molar-refractivity contribution in [3.63, 3.8) is 0 Å². The van der Waals surface area contributed by atoms with E-state index in [0.717, 1.165) is 34.6 Å². The number of aromatic nitrogens is 4. The fraction of sp³-hybridized carbons (Fsp3) is 0.190. The monoisotopic (exact) mass is 412 g/mol. The molecule has 2 N–H and O–H groups in total. The average Bonchev–Trinajstić information content (AvgIpc) is 3.12. The Labute approximate surface area is 170 Å². The minimum atomic E-state index is -4.34. The predicted molar refractivity (Wildman–Crippen MR) is 108 cm³/mol. The van der Waals surface area contributed by atoms with Crippen molar-refractivity contribution in [1.82, 2.24) is 19.6 Å². The average molecular weight is 412 g/mol. The standard InChI is InChI=1S/C21H19F3N6/c1-14-10-28-30-19(27-13-16-3-2-8-25-11-16)9-18(29-20(14)30)26-12-15-4-6-17(7-5-15)21(22,23)24/h2-11,27H,12-13H2,1H3,(H,26,29). The van der Waals surface area contributed by atoms with E-state index >= 15 is 0 Å². The lowest BCUT2D eigenvalue weighted by Gasteiger charge is -2.12. The molecule has 0 amide bonds. The van der Waals surface area contributed by atoms with Gasteiger partial charge in [-0.25, -0.2) is 4.98 Å². The van der Waals surface area contributed by atoms with Gasteiger partial charge in [-0.05, 0) is 36.2 Å². The molecule has 1 aromatic carbocycles. The van der Waals surface area contributed by atoms with Gasteiger partial charge in [-0.1, -0.05) is 18.2 Å². The molecule has 0 saturated heterocycles. The fourth-order valence-electron chi connectivity index (χ4n) is 2.99. The van der Waals surface area contributed by atoms with Gasteiger partial charge in [0.1, 0.15) is 11.6 Å². The van der Waals surface area contributed by atoms with E-state index in [4.69, 9.17) is 0 Å². The van der Waals surface area contributed by atoms with Gasteiger partial charge in [0.2, 0.25) is 0 Å². The molecule has 0 radical (unpaired) electrons. The number of halogens is 3. The Balaban J connectivity index is 1.53. The van der Waals surface area contributed by atoms with Gasteiger partial charge < -0.3 is 10.6 Å². The molecule has 0 aliphatic carbocycles. The second kappa shape index (κ2) is 8.02. The van der Waals surface area contributed by atoms with Gasteiger partial charge in [-0.2, -0.15) is 22.8 Å². The van der Waals surface area contributed by atoms with E-state index in [9.17, 15) is 13.2 Å². The minimum Gasteiger partial charge on any atom is -0.366 e. The van der Waals surface area contributed by atoms with Crippen LogP contribution in [0, 0.1) is 6.92 Å². The van der Waals surface area contributed by atoms with Crippen molar-refractivity contribution in [3.05, 3.63) is 83.3 Å². The molecule has 0 saturated carbocycles. The highest BCUT2D eigenvalue weighted by Crippen LogP contribution is 2.29. The number of rotatable bonds is 6. The number of nitrogens with one attached hydrogen (secondary N) is 2. The van der Waals surface area contributed by atoms with Gasteiger partial charge in [0, 0.05) is 37.1 Å². The molecule has 0 atom stereocenters. The number of nitrogens with zero attached hydrogens (tertiary/aromatic N) is 4. The first-order valence-electron chi connectivity index (χ1n) is 9.28. The Hall–Kier alpha value is -3.62. The maximum atomic E-state index is 12.7. The summed E-state index contributed by atoms with van der Waals surface area (Å²) in [5.74, 6) is 1.34. The first kappa shape index (κ1) is 19.7. The van der Waals surface area contributed by atoms with E-state index in [1.165, 1.54) is 12.1 Å². The Kier molecular flexibility index (Phi) is 5.26. The van der Waals surface area contributed by atoms with Gasteiger partial charge in [0.05, 0.1) is 11.8 Å². The third kappa shape index (κ3) is 4.35. The lowest BCUT2D eigenvalue weighted by Crippen LogP contribution is -2.09. The summed E-state index contributed by atoms with van der Waals surface area (Å²) in [5.41, 5.74) is 2.69. The second-order valence-electron chi connectivity index (χ2n) is 6.85. The molecule has 6 nitrogen and oxygen atoms in total. The van der Waals surface area contributed by atoms with Crippen LogP contribution in [-0.2, 0) is 19.3 Å². The van der Waals surface area contributed by atoms with Crippen LogP contribution in [0.2, 0.25) is 0 Å². The lowest BCUT2D eigenvalue weighted by molar-refractivity contribution is -0.137. The van der Waals surface area contributed by atoms with Crippen LogP contribution in [0.4, 0.5) is 24.8 Å². The Morgan fingerprint density at radius 2 is 1.73 bits per heavy atom. The van der Waals surface area contributed by atoms with Crippen molar-refractivity contribution in [3.8, 4) is 0 Å². The van der Waals surface area contributed by atoms with Crippen molar-refractivity contribution in [2.24, 2.45) is 0 Å². The van der Waals surface area contributed by atoms with E-state index in [2.05, 4.69) is 25.7 Å². The molecule has 9 heteroatoms. The molecule has 4 aromatic rings.